The van der Waals surface area contributed by atoms with Crippen LogP contribution >= 0.6 is 0 Å². The molecule has 1 aliphatic carbocycles. The normalized spacial score (nSPS) is 19.7. The van der Waals surface area contributed by atoms with Crippen molar-refractivity contribution in [2.24, 2.45) is 17.5 Å². The van der Waals surface area contributed by atoms with E-state index < -0.39 is 11.4 Å². The molecule has 3 aromatic rings. The molecule has 0 radical (unpaired) electrons. The summed E-state index contributed by atoms with van der Waals surface area (Å²) in [7, 11) is 4.33. The zero-order chi connectivity index (χ0) is 31.1. The number of carboxylic acid groups (broad SMARTS) is 1. The summed E-state index contributed by atoms with van der Waals surface area (Å²) < 4.78 is 4.80. The van der Waals surface area contributed by atoms with Gasteiger partial charge in [-0.25, -0.2) is 14.1 Å². The Kier molecular flexibility index (Phi) is 8.08. The predicted octanol–water partition coefficient (Wildman–Crippen LogP) is 7.14. The number of aliphatic imine (C=N–C) groups is 1. The minimum absolute atomic E-state index is 0.122. The standard InChI is InChI=1S/C37H44N4O2/c1-9-14-32-39(7)33-25(4)22-28(34-38-31-15-12-13-21-37(31,6)40(34)8)23-30(33)41(32)24-26-16-18-27(19-17-26)29(11-3)36(5,20-10-2)35(42)43/h10-13,15-19,22-23H,2,9,14,20-21,24H2,1,3-8H3/p+1. The summed E-state index contributed by atoms with van der Waals surface area (Å²) in [4.78, 5) is 19.7. The molecule has 6 nitrogen and oxygen atoms in total. The average Bonchev–Trinajstić information content (AvgIpc) is 3.40. The van der Waals surface area contributed by atoms with Gasteiger partial charge in [0, 0.05) is 30.7 Å². The van der Waals surface area contributed by atoms with Gasteiger partial charge in [0.15, 0.2) is 11.0 Å². The number of carbonyl (C=O) groups is 1. The lowest BCUT2D eigenvalue weighted by molar-refractivity contribution is -0.654. The first kappa shape index (κ1) is 30.3. The largest absolute Gasteiger partial charge is 0.481 e. The van der Waals surface area contributed by atoms with Crippen molar-refractivity contribution in [1.29, 1.82) is 0 Å². The maximum absolute atomic E-state index is 12.3. The van der Waals surface area contributed by atoms with E-state index in [1.807, 2.05) is 13.0 Å². The highest BCUT2D eigenvalue weighted by molar-refractivity contribution is 6.04. The summed E-state index contributed by atoms with van der Waals surface area (Å²) in [6.07, 6.45) is 13.4. The van der Waals surface area contributed by atoms with Crippen molar-refractivity contribution < 1.29 is 14.5 Å². The van der Waals surface area contributed by atoms with Gasteiger partial charge in [-0.3, -0.25) is 4.79 Å². The van der Waals surface area contributed by atoms with Crippen molar-refractivity contribution in [3.8, 4) is 0 Å². The fourth-order valence-corrected chi connectivity index (χ4v) is 6.95. The van der Waals surface area contributed by atoms with E-state index in [1.54, 1.807) is 13.0 Å². The van der Waals surface area contributed by atoms with Gasteiger partial charge in [-0.05, 0) is 75.8 Å². The Balaban J connectivity index is 1.57. The van der Waals surface area contributed by atoms with Crippen LogP contribution in [0.25, 0.3) is 16.6 Å². The summed E-state index contributed by atoms with van der Waals surface area (Å²) in [6, 6.07) is 13.0. The second-order valence-electron chi connectivity index (χ2n) is 12.5. The molecular weight excluding hydrogens is 532 g/mol. The van der Waals surface area contributed by atoms with Gasteiger partial charge >= 0.3 is 5.97 Å². The molecule has 2 unspecified atom stereocenters. The molecule has 1 N–H and O–H groups in total. The number of rotatable bonds is 10. The van der Waals surface area contributed by atoms with E-state index in [0.29, 0.717) is 6.42 Å². The van der Waals surface area contributed by atoms with Gasteiger partial charge in [0.25, 0.3) is 5.82 Å². The van der Waals surface area contributed by atoms with Crippen LogP contribution in [0.15, 0.2) is 84.0 Å². The van der Waals surface area contributed by atoms with Crippen LogP contribution in [0.2, 0.25) is 0 Å². The van der Waals surface area contributed by atoms with Crippen molar-refractivity contribution in [2.75, 3.05) is 7.05 Å². The number of fused-ring (bicyclic) bond motifs is 2. The topological polar surface area (TPSA) is 61.7 Å². The minimum Gasteiger partial charge on any atom is -0.481 e. The highest BCUT2D eigenvalue weighted by Gasteiger charge is 2.42. The second kappa shape index (κ2) is 11.5. The molecule has 2 atom stereocenters. The number of likely N-dealkylation sites (N-methyl/N-ethyl adjacent to an activating group) is 1. The number of carboxylic acids is 1. The van der Waals surface area contributed by atoms with Crippen LogP contribution in [0.4, 0.5) is 0 Å². The van der Waals surface area contributed by atoms with Crippen LogP contribution in [0.5, 0.6) is 0 Å². The van der Waals surface area contributed by atoms with Crippen molar-refractivity contribution in [1.82, 2.24) is 9.47 Å². The number of aryl methyl sites for hydroxylation is 2. The zero-order valence-corrected chi connectivity index (χ0v) is 26.7. The van der Waals surface area contributed by atoms with Crippen LogP contribution < -0.4 is 4.57 Å². The molecule has 2 aromatic carbocycles. The van der Waals surface area contributed by atoms with E-state index in [-0.39, 0.29) is 5.54 Å². The Morgan fingerprint density at radius 2 is 1.98 bits per heavy atom. The monoisotopic (exact) mass is 577 g/mol. The Morgan fingerprint density at radius 1 is 1.26 bits per heavy atom. The van der Waals surface area contributed by atoms with Crippen LogP contribution in [-0.2, 0) is 24.8 Å². The van der Waals surface area contributed by atoms with Gasteiger partial charge in [-0.15, -0.1) is 6.58 Å². The first-order chi connectivity index (χ1) is 20.5. The third-order valence-corrected chi connectivity index (χ3v) is 9.59. The Labute approximate surface area is 256 Å². The first-order valence-corrected chi connectivity index (χ1v) is 15.3. The summed E-state index contributed by atoms with van der Waals surface area (Å²) in [5.41, 5.74) is 7.68. The second-order valence-corrected chi connectivity index (χ2v) is 12.5. The summed E-state index contributed by atoms with van der Waals surface area (Å²) in [5.74, 6) is 1.46. The van der Waals surface area contributed by atoms with Crippen molar-refractivity contribution in [3.63, 3.8) is 0 Å². The van der Waals surface area contributed by atoms with Gasteiger partial charge in [0.05, 0.1) is 23.7 Å². The first-order valence-electron chi connectivity index (χ1n) is 15.3. The van der Waals surface area contributed by atoms with E-state index in [1.165, 1.54) is 28.0 Å². The van der Waals surface area contributed by atoms with Crippen LogP contribution in [0.1, 0.15) is 75.0 Å². The van der Waals surface area contributed by atoms with Crippen molar-refractivity contribution >= 4 is 28.4 Å². The molecule has 43 heavy (non-hydrogen) atoms. The molecule has 0 saturated carbocycles. The lowest BCUT2D eigenvalue weighted by Gasteiger charge is -2.35. The number of hydrogen-bond donors (Lipinski definition) is 1. The molecule has 5 rings (SSSR count). The number of aliphatic carboxylic acids is 1. The molecule has 2 aliphatic rings. The van der Waals surface area contributed by atoms with Gasteiger partial charge in [-0.2, -0.15) is 0 Å². The molecular formula is C37H45N4O2+. The third-order valence-electron chi connectivity index (χ3n) is 9.59. The Bertz CT molecular complexity index is 1720. The van der Waals surface area contributed by atoms with E-state index in [9.17, 15) is 9.90 Å². The number of imidazole rings is 1. The van der Waals surface area contributed by atoms with Gasteiger partial charge in [-0.1, -0.05) is 55.5 Å². The maximum atomic E-state index is 12.3. The number of benzene rings is 2. The zero-order valence-electron chi connectivity index (χ0n) is 26.7. The van der Waals surface area contributed by atoms with Crippen LogP contribution in [0.3, 0.4) is 0 Å². The number of amidine groups is 1. The molecule has 0 saturated heterocycles. The van der Waals surface area contributed by atoms with E-state index in [4.69, 9.17) is 4.99 Å². The number of aromatic nitrogens is 2. The molecule has 1 aliphatic heterocycles. The molecule has 1 aromatic heterocycles. The molecule has 0 amide bonds. The fourth-order valence-electron chi connectivity index (χ4n) is 6.95. The maximum Gasteiger partial charge on any atom is 0.314 e. The van der Waals surface area contributed by atoms with E-state index in [2.05, 4.69) is 110 Å². The molecule has 224 valence electrons. The Morgan fingerprint density at radius 3 is 2.58 bits per heavy atom. The molecule has 0 fully saturated rings. The lowest BCUT2D eigenvalue weighted by atomic mass is 9.75. The van der Waals surface area contributed by atoms with Crippen molar-refractivity contribution in [2.45, 2.75) is 72.4 Å². The predicted molar refractivity (Wildman–Crippen MR) is 176 cm³/mol. The van der Waals surface area contributed by atoms with Crippen molar-refractivity contribution in [3.05, 3.63) is 107 Å². The highest BCUT2D eigenvalue weighted by atomic mass is 16.4. The smallest absolute Gasteiger partial charge is 0.314 e. The van der Waals surface area contributed by atoms with Crippen LogP contribution in [-0.4, -0.2) is 39.0 Å². The lowest BCUT2D eigenvalue weighted by Crippen LogP contribution is -2.43. The minimum atomic E-state index is -1.03. The molecule has 0 bridgehead atoms. The fraction of sp³-hybridized carbons (Fsp3) is 0.378. The molecule has 0 spiro atoms. The summed E-state index contributed by atoms with van der Waals surface area (Å²) in [5, 5.41) is 10.1. The van der Waals surface area contributed by atoms with Gasteiger partial charge < -0.3 is 10.0 Å². The highest BCUT2D eigenvalue weighted by Crippen LogP contribution is 2.40. The van der Waals surface area contributed by atoms with Gasteiger partial charge in [0.1, 0.15) is 12.4 Å². The van der Waals surface area contributed by atoms with Crippen LogP contribution in [0, 0.1) is 12.3 Å². The van der Waals surface area contributed by atoms with E-state index in [0.717, 1.165) is 54.0 Å². The third kappa shape index (κ3) is 4.97. The average molecular weight is 578 g/mol. The molecule has 2 heterocycles. The summed E-state index contributed by atoms with van der Waals surface area (Å²) in [6.45, 7) is 14.9. The SMILES string of the molecule is C=CCC(C)(C(=O)O)C(=CC)c1ccc(Cn2c(CCC)[n+](C)c3c(C)cc(C4=NC5=CC=CCC5(C)N4C)cc32)cc1. The quantitative estimate of drug-likeness (QED) is 0.206. The number of nitrogens with zero attached hydrogens (tertiary/aromatic N) is 4. The van der Waals surface area contributed by atoms with E-state index >= 15 is 0 Å². The summed E-state index contributed by atoms with van der Waals surface area (Å²) >= 11 is 0. The molecule has 6 heteroatoms. The number of allylic oxidation sites excluding steroid dienone is 4. The van der Waals surface area contributed by atoms with Gasteiger partial charge in [0.2, 0.25) is 0 Å². The number of hydrogen-bond acceptors (Lipinski definition) is 3. The Hall–Kier alpha value is -4.19.